The molecule has 1 fully saturated rings. The Kier molecular flexibility index (Phi) is 2.63. The fourth-order valence-electron chi connectivity index (χ4n) is 2.44. The predicted molar refractivity (Wildman–Crippen MR) is 78.0 cm³/mol. The highest BCUT2D eigenvalue weighted by Gasteiger charge is 2.24. The summed E-state index contributed by atoms with van der Waals surface area (Å²) in [6.07, 6.45) is 3.81. The van der Waals surface area contributed by atoms with Crippen LogP contribution in [0.2, 0.25) is 0 Å². The first-order chi connectivity index (χ1) is 10.2. The van der Waals surface area contributed by atoms with E-state index in [0.29, 0.717) is 17.4 Å². The smallest absolute Gasteiger partial charge is 0.168 e. The Bertz CT molecular complexity index is 822. The van der Waals surface area contributed by atoms with E-state index < -0.39 is 0 Å². The van der Waals surface area contributed by atoms with Gasteiger partial charge in [0.25, 0.3) is 0 Å². The van der Waals surface area contributed by atoms with E-state index in [9.17, 15) is 4.39 Å². The van der Waals surface area contributed by atoms with Crippen molar-refractivity contribution < 1.29 is 4.39 Å². The van der Waals surface area contributed by atoms with E-state index in [4.69, 9.17) is 0 Å². The average molecular weight is 283 g/mol. The van der Waals surface area contributed by atoms with Gasteiger partial charge >= 0.3 is 0 Å². The molecule has 0 bridgehead atoms. The maximum Gasteiger partial charge on any atom is 0.168 e. The molecule has 0 amide bonds. The highest BCUT2D eigenvalue weighted by atomic mass is 19.1. The van der Waals surface area contributed by atoms with Crippen molar-refractivity contribution in [3.8, 4) is 5.69 Å². The summed E-state index contributed by atoms with van der Waals surface area (Å²) in [5, 5.41) is 8.68. The van der Waals surface area contributed by atoms with E-state index in [-0.39, 0.29) is 5.82 Å². The maximum atomic E-state index is 14.0. The summed E-state index contributed by atoms with van der Waals surface area (Å²) in [5.74, 6) is 0.458. The lowest BCUT2D eigenvalue weighted by molar-refractivity contribution is 0.612. The summed E-state index contributed by atoms with van der Waals surface area (Å²) in [6.45, 7) is 1.89. The number of fused-ring (bicyclic) bond motifs is 1. The number of anilines is 1. The van der Waals surface area contributed by atoms with Crippen LogP contribution in [0.3, 0.4) is 0 Å². The fourth-order valence-corrected chi connectivity index (χ4v) is 2.44. The third-order valence-corrected chi connectivity index (χ3v) is 3.64. The molecule has 1 N–H and O–H groups in total. The Morgan fingerprint density at radius 2 is 2.05 bits per heavy atom. The Labute approximate surface area is 120 Å². The van der Waals surface area contributed by atoms with Gasteiger partial charge in [0.15, 0.2) is 5.65 Å². The standard InChI is InChI=1S/C15H14FN5/c1-9-13-14(19-10-6-7-10)17-8-18-15(13)21(20-9)12-5-3-2-4-11(12)16/h2-5,8,10H,6-7H2,1H3,(H,17,18,19). The van der Waals surface area contributed by atoms with Gasteiger partial charge in [0.2, 0.25) is 0 Å². The van der Waals surface area contributed by atoms with E-state index in [2.05, 4.69) is 20.4 Å². The van der Waals surface area contributed by atoms with E-state index in [0.717, 1.165) is 29.7 Å². The molecule has 106 valence electrons. The molecule has 6 heteroatoms. The van der Waals surface area contributed by atoms with E-state index in [1.165, 1.54) is 12.4 Å². The molecular formula is C15H14FN5. The lowest BCUT2D eigenvalue weighted by Gasteiger charge is -2.06. The van der Waals surface area contributed by atoms with Crippen molar-refractivity contribution >= 4 is 16.9 Å². The molecule has 0 spiro atoms. The van der Waals surface area contributed by atoms with Crippen LogP contribution in [-0.2, 0) is 0 Å². The van der Waals surface area contributed by atoms with Crippen LogP contribution in [0.4, 0.5) is 10.2 Å². The summed E-state index contributed by atoms with van der Waals surface area (Å²) >= 11 is 0. The van der Waals surface area contributed by atoms with Gasteiger partial charge in [0, 0.05) is 6.04 Å². The molecule has 5 nitrogen and oxygen atoms in total. The zero-order chi connectivity index (χ0) is 14.4. The van der Waals surface area contributed by atoms with E-state index in [1.807, 2.05) is 6.92 Å². The molecule has 2 heterocycles. The van der Waals surface area contributed by atoms with Gasteiger partial charge in [0.1, 0.15) is 23.6 Å². The monoisotopic (exact) mass is 283 g/mol. The zero-order valence-corrected chi connectivity index (χ0v) is 11.5. The van der Waals surface area contributed by atoms with Gasteiger partial charge < -0.3 is 5.32 Å². The Hall–Kier alpha value is -2.50. The first-order valence-corrected chi connectivity index (χ1v) is 6.96. The summed E-state index contributed by atoms with van der Waals surface area (Å²) in [5.41, 5.74) is 1.81. The second-order valence-electron chi connectivity index (χ2n) is 5.29. The molecule has 0 radical (unpaired) electrons. The number of aromatic nitrogens is 4. The van der Waals surface area contributed by atoms with Crippen molar-refractivity contribution in [3.63, 3.8) is 0 Å². The lowest BCUT2D eigenvalue weighted by atomic mass is 10.3. The molecular weight excluding hydrogens is 269 g/mol. The minimum Gasteiger partial charge on any atom is -0.367 e. The fraction of sp³-hybridized carbons (Fsp3) is 0.267. The second-order valence-corrected chi connectivity index (χ2v) is 5.29. The molecule has 2 aromatic heterocycles. The van der Waals surface area contributed by atoms with Gasteiger partial charge in [-0.1, -0.05) is 12.1 Å². The molecule has 1 saturated carbocycles. The van der Waals surface area contributed by atoms with Crippen molar-refractivity contribution in [1.29, 1.82) is 0 Å². The summed E-state index contributed by atoms with van der Waals surface area (Å²) in [4.78, 5) is 8.60. The van der Waals surface area contributed by atoms with Crippen LogP contribution in [0.1, 0.15) is 18.5 Å². The van der Waals surface area contributed by atoms with E-state index >= 15 is 0 Å². The van der Waals surface area contributed by atoms with Crippen LogP contribution in [0.25, 0.3) is 16.7 Å². The number of aryl methyl sites for hydroxylation is 1. The van der Waals surface area contributed by atoms with Crippen molar-refractivity contribution in [2.75, 3.05) is 5.32 Å². The maximum absolute atomic E-state index is 14.0. The molecule has 21 heavy (non-hydrogen) atoms. The number of rotatable bonds is 3. The highest BCUT2D eigenvalue weighted by molar-refractivity contribution is 5.90. The number of benzene rings is 1. The first-order valence-electron chi connectivity index (χ1n) is 6.96. The Morgan fingerprint density at radius 1 is 1.24 bits per heavy atom. The predicted octanol–water partition coefficient (Wildman–Crippen LogP) is 2.84. The minimum atomic E-state index is -0.322. The van der Waals surface area contributed by atoms with Crippen LogP contribution in [0.15, 0.2) is 30.6 Å². The zero-order valence-electron chi connectivity index (χ0n) is 11.5. The number of hydrogen-bond donors (Lipinski definition) is 1. The van der Waals surface area contributed by atoms with Crippen LogP contribution in [0, 0.1) is 12.7 Å². The first kappa shape index (κ1) is 12.3. The van der Waals surface area contributed by atoms with E-state index in [1.54, 1.807) is 22.9 Å². The van der Waals surface area contributed by atoms with Crippen LogP contribution < -0.4 is 5.32 Å². The van der Waals surface area contributed by atoms with Crippen LogP contribution in [-0.4, -0.2) is 25.8 Å². The van der Waals surface area contributed by atoms with Crippen LogP contribution >= 0.6 is 0 Å². The molecule has 1 aliphatic rings. The summed E-state index contributed by atoms with van der Waals surface area (Å²) in [7, 11) is 0. The summed E-state index contributed by atoms with van der Waals surface area (Å²) < 4.78 is 15.6. The molecule has 1 aliphatic carbocycles. The van der Waals surface area contributed by atoms with Gasteiger partial charge in [-0.15, -0.1) is 0 Å². The van der Waals surface area contributed by atoms with Gasteiger partial charge in [0.05, 0.1) is 11.1 Å². The average Bonchev–Trinajstić information content (AvgIpc) is 3.23. The summed E-state index contributed by atoms with van der Waals surface area (Å²) in [6, 6.07) is 7.04. The van der Waals surface area contributed by atoms with Gasteiger partial charge in [-0.2, -0.15) is 5.10 Å². The number of para-hydroxylation sites is 1. The molecule has 0 saturated heterocycles. The number of halogens is 1. The van der Waals surface area contributed by atoms with Crippen molar-refractivity contribution in [3.05, 3.63) is 42.1 Å². The number of hydrogen-bond acceptors (Lipinski definition) is 4. The minimum absolute atomic E-state index is 0.322. The normalized spacial score (nSPS) is 14.6. The largest absolute Gasteiger partial charge is 0.367 e. The molecule has 0 atom stereocenters. The number of nitrogens with one attached hydrogen (secondary N) is 1. The topological polar surface area (TPSA) is 55.6 Å². The van der Waals surface area contributed by atoms with Crippen molar-refractivity contribution in [1.82, 2.24) is 19.7 Å². The molecule has 0 unspecified atom stereocenters. The Balaban J connectivity index is 1.93. The van der Waals surface area contributed by atoms with Crippen molar-refractivity contribution in [2.45, 2.75) is 25.8 Å². The second kappa shape index (κ2) is 4.51. The van der Waals surface area contributed by atoms with Gasteiger partial charge in [-0.05, 0) is 31.9 Å². The lowest BCUT2D eigenvalue weighted by Crippen LogP contribution is -2.05. The number of nitrogens with zero attached hydrogens (tertiary/aromatic N) is 4. The SMILES string of the molecule is Cc1nn(-c2ccccc2F)c2ncnc(NC3CC3)c12. The molecule has 4 rings (SSSR count). The van der Waals surface area contributed by atoms with Gasteiger partial charge in [-0.25, -0.2) is 19.0 Å². The Morgan fingerprint density at radius 3 is 2.81 bits per heavy atom. The molecule has 0 aliphatic heterocycles. The highest BCUT2D eigenvalue weighted by Crippen LogP contribution is 2.30. The van der Waals surface area contributed by atoms with Crippen LogP contribution in [0.5, 0.6) is 0 Å². The van der Waals surface area contributed by atoms with Crippen molar-refractivity contribution in [2.24, 2.45) is 0 Å². The third-order valence-electron chi connectivity index (χ3n) is 3.64. The molecule has 3 aromatic rings. The quantitative estimate of drug-likeness (QED) is 0.803. The van der Waals surface area contributed by atoms with Gasteiger partial charge in [-0.3, -0.25) is 0 Å². The third kappa shape index (κ3) is 2.03. The molecule has 1 aromatic carbocycles.